The third-order valence-corrected chi connectivity index (χ3v) is 6.18. The zero-order valence-corrected chi connectivity index (χ0v) is 10.6. The highest BCUT2D eigenvalue weighted by Gasteiger charge is 2.29. The van der Waals surface area contributed by atoms with Crippen molar-refractivity contribution in [1.29, 1.82) is 0 Å². The Bertz CT molecular complexity index is 424. The minimum Gasteiger partial charge on any atom is -0.318 e. The van der Waals surface area contributed by atoms with E-state index in [1.54, 1.807) is 0 Å². The van der Waals surface area contributed by atoms with Gasteiger partial charge in [0.1, 0.15) is 7.14 Å². The van der Waals surface area contributed by atoms with Crippen molar-refractivity contribution in [2.75, 3.05) is 12.3 Å². The lowest BCUT2D eigenvalue weighted by atomic mass is 10.4. The molecule has 1 aromatic rings. The molecule has 1 aromatic carbocycles. The number of halogens is 2. The minimum atomic E-state index is -2.24. The van der Waals surface area contributed by atoms with Crippen molar-refractivity contribution >= 4 is 40.0 Å². The highest BCUT2D eigenvalue weighted by Crippen LogP contribution is 2.51. The van der Waals surface area contributed by atoms with E-state index >= 15 is 0 Å². The van der Waals surface area contributed by atoms with Crippen LogP contribution < -0.4 is 5.30 Å². The van der Waals surface area contributed by atoms with Crippen LogP contribution >= 0.6 is 34.7 Å². The summed E-state index contributed by atoms with van der Waals surface area (Å²) in [6.07, 6.45) is 2.99. The summed E-state index contributed by atoms with van der Waals surface area (Å²) in [5.74, 6) is 0. The van der Waals surface area contributed by atoms with Gasteiger partial charge in [0.2, 0.25) is 0 Å². The highest BCUT2D eigenvalue weighted by molar-refractivity contribution is 9.10. The van der Waals surface area contributed by atoms with Crippen LogP contribution in [0.1, 0.15) is 0 Å². The lowest BCUT2D eigenvalue weighted by Gasteiger charge is -2.11. The quantitative estimate of drug-likeness (QED) is 0.723. The molecular weight excluding hydrogens is 282 g/mol. The Kier molecular flexibility index (Phi) is 2.88. The maximum atomic E-state index is 12.4. The lowest BCUT2D eigenvalue weighted by molar-refractivity contribution is 0.585. The van der Waals surface area contributed by atoms with Crippen LogP contribution in [-0.4, -0.2) is 12.3 Å². The van der Waals surface area contributed by atoms with Crippen molar-refractivity contribution in [3.8, 4) is 0 Å². The van der Waals surface area contributed by atoms with E-state index in [4.69, 9.17) is 11.6 Å². The van der Waals surface area contributed by atoms with Gasteiger partial charge in [0.15, 0.2) is 0 Å². The van der Waals surface area contributed by atoms with Crippen molar-refractivity contribution in [2.45, 2.75) is 0 Å². The molecule has 0 bridgehead atoms. The summed E-state index contributed by atoms with van der Waals surface area (Å²) in [7, 11) is -2.24. The molecule has 1 aliphatic rings. The van der Waals surface area contributed by atoms with Crippen LogP contribution in [0.15, 0.2) is 39.8 Å². The van der Waals surface area contributed by atoms with E-state index in [0.717, 1.165) is 14.8 Å². The van der Waals surface area contributed by atoms with Gasteiger partial charge in [-0.15, -0.1) is 0 Å². The Morgan fingerprint density at radius 3 is 2.43 bits per heavy atom. The molecule has 1 unspecified atom stereocenters. The first-order valence-electron chi connectivity index (χ1n) is 4.29. The monoisotopic (exact) mass is 290 g/mol. The van der Waals surface area contributed by atoms with Crippen LogP contribution in [-0.2, 0) is 4.57 Å². The fourth-order valence-electron chi connectivity index (χ4n) is 1.53. The van der Waals surface area contributed by atoms with Crippen molar-refractivity contribution < 1.29 is 4.57 Å². The van der Waals surface area contributed by atoms with Crippen LogP contribution in [0.2, 0.25) is 0 Å². The van der Waals surface area contributed by atoms with E-state index in [1.165, 1.54) is 0 Å². The number of rotatable bonds is 1. The highest BCUT2D eigenvalue weighted by atomic mass is 79.9. The molecule has 74 valence electrons. The molecule has 0 radical (unpaired) electrons. The average molecular weight is 292 g/mol. The molecule has 1 nitrogen and oxygen atoms in total. The van der Waals surface area contributed by atoms with Gasteiger partial charge < -0.3 is 4.57 Å². The van der Waals surface area contributed by atoms with Crippen LogP contribution in [0.3, 0.4) is 0 Å². The Morgan fingerprint density at radius 2 is 1.93 bits per heavy atom. The summed E-state index contributed by atoms with van der Waals surface area (Å²) in [5, 5.41) is 1.66. The molecule has 1 aliphatic heterocycles. The molecule has 0 fully saturated rings. The zero-order chi connectivity index (χ0) is 10.2. The van der Waals surface area contributed by atoms with Gasteiger partial charge in [0.25, 0.3) is 0 Å². The molecule has 0 N–H and O–H groups in total. The first kappa shape index (κ1) is 10.5. The van der Waals surface area contributed by atoms with Crippen LogP contribution in [0.25, 0.3) is 0 Å². The molecule has 1 atom stereocenters. The van der Waals surface area contributed by atoms with E-state index in [1.807, 2.05) is 30.3 Å². The number of allylic oxidation sites excluding steroid dienone is 2. The second-order valence-corrected chi connectivity index (χ2v) is 7.73. The van der Waals surface area contributed by atoms with Crippen molar-refractivity contribution in [3.05, 3.63) is 39.8 Å². The standard InChI is InChI=1S/C10H9BrClOP/c11-8-1-3-10(4-2-8)14(13)6-5-9(12)7-14/h1-5H,6-7H2. The normalized spacial score (nSPS) is 26.3. The molecule has 2 rings (SSSR count). The van der Waals surface area contributed by atoms with Gasteiger partial charge in [-0.05, 0) is 12.1 Å². The Hall–Kier alpha value is -0.0400. The molecule has 0 aromatic heterocycles. The predicted octanol–water partition coefficient (Wildman–Crippen LogP) is 3.57. The van der Waals surface area contributed by atoms with E-state index < -0.39 is 7.14 Å². The molecule has 0 aliphatic carbocycles. The number of hydrogen-bond acceptors (Lipinski definition) is 1. The van der Waals surface area contributed by atoms with Gasteiger partial charge in [-0.2, -0.15) is 0 Å². The van der Waals surface area contributed by atoms with Gasteiger partial charge in [-0.25, -0.2) is 0 Å². The van der Waals surface area contributed by atoms with Crippen LogP contribution in [0.5, 0.6) is 0 Å². The SMILES string of the molecule is O=P1(c2ccc(Br)cc2)CC=C(Cl)C1. The lowest BCUT2D eigenvalue weighted by Crippen LogP contribution is -2.06. The minimum absolute atomic E-state index is 0.524. The summed E-state index contributed by atoms with van der Waals surface area (Å²) >= 11 is 9.21. The Balaban J connectivity index is 2.33. The second kappa shape index (κ2) is 3.84. The summed E-state index contributed by atoms with van der Waals surface area (Å²) in [4.78, 5) is 0. The van der Waals surface area contributed by atoms with Crippen LogP contribution in [0, 0.1) is 0 Å². The first-order chi connectivity index (χ1) is 6.60. The van der Waals surface area contributed by atoms with Gasteiger partial charge >= 0.3 is 0 Å². The van der Waals surface area contributed by atoms with Crippen LogP contribution in [0.4, 0.5) is 0 Å². The smallest absolute Gasteiger partial charge is 0.124 e. The van der Waals surface area contributed by atoms with E-state index in [-0.39, 0.29) is 0 Å². The zero-order valence-electron chi connectivity index (χ0n) is 7.41. The largest absolute Gasteiger partial charge is 0.318 e. The molecule has 0 saturated carbocycles. The van der Waals surface area contributed by atoms with Crippen molar-refractivity contribution in [2.24, 2.45) is 0 Å². The second-order valence-electron chi connectivity index (χ2n) is 3.36. The first-order valence-corrected chi connectivity index (χ1v) is 7.54. The Morgan fingerprint density at radius 1 is 1.29 bits per heavy atom. The van der Waals surface area contributed by atoms with Gasteiger partial charge in [0, 0.05) is 27.1 Å². The maximum Gasteiger partial charge on any atom is 0.124 e. The summed E-state index contributed by atoms with van der Waals surface area (Å²) < 4.78 is 13.4. The molecule has 1 heterocycles. The summed E-state index contributed by atoms with van der Waals surface area (Å²) in [6.45, 7) is 0. The molecule has 14 heavy (non-hydrogen) atoms. The summed E-state index contributed by atoms with van der Waals surface area (Å²) in [5.41, 5.74) is 0. The maximum absolute atomic E-state index is 12.4. The fraction of sp³-hybridized carbons (Fsp3) is 0.200. The fourth-order valence-corrected chi connectivity index (χ4v) is 4.90. The van der Waals surface area contributed by atoms with E-state index in [2.05, 4.69) is 15.9 Å². The Labute approximate surface area is 96.7 Å². The van der Waals surface area contributed by atoms with Crippen molar-refractivity contribution in [1.82, 2.24) is 0 Å². The van der Waals surface area contributed by atoms with Gasteiger partial charge in [0.05, 0.1) is 0 Å². The van der Waals surface area contributed by atoms with E-state index in [9.17, 15) is 4.57 Å². The van der Waals surface area contributed by atoms with Crippen molar-refractivity contribution in [3.63, 3.8) is 0 Å². The van der Waals surface area contributed by atoms with Gasteiger partial charge in [-0.1, -0.05) is 45.7 Å². The molecule has 0 saturated heterocycles. The molecule has 0 amide bonds. The van der Waals surface area contributed by atoms with Gasteiger partial charge in [-0.3, -0.25) is 0 Å². The molecular formula is C10H9BrClOP. The summed E-state index contributed by atoms with van der Waals surface area (Å²) in [6, 6.07) is 7.66. The third-order valence-electron chi connectivity index (χ3n) is 2.31. The van der Waals surface area contributed by atoms with E-state index in [0.29, 0.717) is 12.3 Å². The number of hydrogen-bond donors (Lipinski definition) is 0. The topological polar surface area (TPSA) is 17.1 Å². The number of benzene rings is 1. The predicted molar refractivity (Wildman–Crippen MR) is 65.1 cm³/mol. The average Bonchev–Trinajstić information content (AvgIpc) is 2.48. The molecule has 0 spiro atoms. The molecule has 4 heteroatoms. The third kappa shape index (κ3) is 1.98.